The maximum atomic E-state index is 12.0. The molecule has 1 atom stereocenters. The highest BCUT2D eigenvalue weighted by Crippen LogP contribution is 2.26. The zero-order chi connectivity index (χ0) is 15.8. The van der Waals surface area contributed by atoms with E-state index in [0.29, 0.717) is 5.75 Å². The van der Waals surface area contributed by atoms with Gasteiger partial charge in [0, 0.05) is 44.0 Å². The Bertz CT molecular complexity index is 742. The Morgan fingerprint density at radius 2 is 1.70 bits per heavy atom. The Morgan fingerprint density at radius 1 is 1.00 bits per heavy atom. The molecule has 2 aliphatic heterocycles. The molecule has 2 aromatic rings. The summed E-state index contributed by atoms with van der Waals surface area (Å²) >= 11 is 0. The zero-order valence-electron chi connectivity index (χ0n) is 13.2. The number of para-hydroxylation sites is 1. The lowest BCUT2D eigenvalue weighted by Crippen LogP contribution is -2.47. The summed E-state index contributed by atoms with van der Waals surface area (Å²) in [5.41, 5.74) is 3.14. The second-order valence-corrected chi connectivity index (χ2v) is 7.50. The van der Waals surface area contributed by atoms with E-state index in [-0.39, 0.29) is 0 Å². The molecular formula is C17H20N4OS. The molecule has 2 aliphatic rings. The number of anilines is 2. The van der Waals surface area contributed by atoms with Gasteiger partial charge in [0.05, 0.1) is 27.1 Å². The summed E-state index contributed by atoms with van der Waals surface area (Å²) in [6.07, 6.45) is 0.808. The van der Waals surface area contributed by atoms with Gasteiger partial charge in [-0.25, -0.2) is 9.97 Å². The molecule has 1 aromatic carbocycles. The Labute approximate surface area is 138 Å². The number of nitrogens with zero attached hydrogens (tertiary/aromatic N) is 4. The molecule has 0 amide bonds. The van der Waals surface area contributed by atoms with Crippen molar-refractivity contribution in [2.75, 3.05) is 41.7 Å². The highest BCUT2D eigenvalue weighted by atomic mass is 32.2. The van der Waals surface area contributed by atoms with Gasteiger partial charge in [-0.05, 0) is 19.1 Å². The van der Waals surface area contributed by atoms with Gasteiger partial charge in [0.1, 0.15) is 0 Å². The summed E-state index contributed by atoms with van der Waals surface area (Å²) < 4.78 is 12.0. The number of hydrogen-bond acceptors (Lipinski definition) is 5. The highest BCUT2D eigenvalue weighted by Gasteiger charge is 2.26. The van der Waals surface area contributed by atoms with Crippen molar-refractivity contribution in [3.05, 3.63) is 41.7 Å². The molecule has 0 spiro atoms. The Hall–Kier alpha value is -1.95. The van der Waals surface area contributed by atoms with Crippen LogP contribution in [0.3, 0.4) is 0 Å². The predicted octanol–water partition coefficient (Wildman–Crippen LogP) is 1.78. The average Bonchev–Trinajstić information content (AvgIpc) is 2.97. The minimum Gasteiger partial charge on any atom is -0.368 e. The molecule has 1 saturated heterocycles. The topological polar surface area (TPSA) is 49.3 Å². The first kappa shape index (κ1) is 14.6. The van der Waals surface area contributed by atoms with Crippen LogP contribution < -0.4 is 9.80 Å². The lowest BCUT2D eigenvalue weighted by molar-refractivity contribution is 0.635. The first-order valence-electron chi connectivity index (χ1n) is 8.03. The molecule has 120 valence electrons. The van der Waals surface area contributed by atoms with Gasteiger partial charge in [-0.1, -0.05) is 18.2 Å². The fraction of sp³-hybridized carbons (Fsp3) is 0.412. The monoisotopic (exact) mass is 328 g/mol. The number of rotatable bonds is 2. The van der Waals surface area contributed by atoms with Gasteiger partial charge in [0.25, 0.3) is 0 Å². The van der Waals surface area contributed by atoms with E-state index in [0.717, 1.165) is 54.8 Å². The number of hydrogen-bond donors (Lipinski definition) is 0. The van der Waals surface area contributed by atoms with Crippen molar-refractivity contribution in [1.29, 1.82) is 0 Å². The Balaban J connectivity index is 1.51. The molecule has 6 heteroatoms. The molecular weight excluding hydrogens is 308 g/mol. The van der Waals surface area contributed by atoms with E-state index in [1.165, 1.54) is 5.69 Å². The van der Waals surface area contributed by atoms with E-state index < -0.39 is 10.8 Å². The van der Waals surface area contributed by atoms with Gasteiger partial charge < -0.3 is 9.80 Å². The molecule has 1 unspecified atom stereocenters. The fourth-order valence-corrected chi connectivity index (χ4v) is 4.68. The molecule has 0 N–H and O–H groups in total. The van der Waals surface area contributed by atoms with Crippen LogP contribution >= 0.6 is 0 Å². The van der Waals surface area contributed by atoms with E-state index in [9.17, 15) is 4.21 Å². The summed E-state index contributed by atoms with van der Waals surface area (Å²) in [6, 6.07) is 10.5. The van der Waals surface area contributed by atoms with E-state index in [1.54, 1.807) is 0 Å². The van der Waals surface area contributed by atoms with Gasteiger partial charge in [0.2, 0.25) is 5.95 Å². The third-order valence-electron chi connectivity index (χ3n) is 4.53. The Kier molecular flexibility index (Phi) is 3.77. The normalized spacial score (nSPS) is 20.7. The SMILES string of the molecule is Cc1nc(N2CCN(c3ccccc3)CC2)nc2c1S(=O)CC2. The first-order valence-corrected chi connectivity index (χ1v) is 9.35. The van der Waals surface area contributed by atoms with Gasteiger partial charge in [0.15, 0.2) is 0 Å². The van der Waals surface area contributed by atoms with Crippen molar-refractivity contribution in [3.63, 3.8) is 0 Å². The van der Waals surface area contributed by atoms with E-state index in [2.05, 4.69) is 44.0 Å². The summed E-state index contributed by atoms with van der Waals surface area (Å²) in [5, 5.41) is 0. The quantitative estimate of drug-likeness (QED) is 0.841. The molecule has 0 bridgehead atoms. The Morgan fingerprint density at radius 3 is 2.43 bits per heavy atom. The maximum Gasteiger partial charge on any atom is 0.225 e. The third-order valence-corrected chi connectivity index (χ3v) is 6.09. The average molecular weight is 328 g/mol. The number of piperazine rings is 1. The van der Waals surface area contributed by atoms with Crippen molar-refractivity contribution in [2.24, 2.45) is 0 Å². The molecule has 4 rings (SSSR count). The fourth-order valence-electron chi connectivity index (χ4n) is 3.31. The maximum absolute atomic E-state index is 12.0. The van der Waals surface area contributed by atoms with Crippen LogP contribution in [0.25, 0.3) is 0 Å². The van der Waals surface area contributed by atoms with Crippen molar-refractivity contribution >= 4 is 22.4 Å². The van der Waals surface area contributed by atoms with E-state index in [1.807, 2.05) is 13.0 Å². The van der Waals surface area contributed by atoms with Crippen LogP contribution in [0, 0.1) is 6.92 Å². The number of fused-ring (bicyclic) bond motifs is 1. The van der Waals surface area contributed by atoms with Crippen LogP contribution in [-0.4, -0.2) is 46.1 Å². The summed E-state index contributed by atoms with van der Waals surface area (Å²) in [7, 11) is -0.905. The highest BCUT2D eigenvalue weighted by molar-refractivity contribution is 7.85. The number of aryl methyl sites for hydroxylation is 2. The second kappa shape index (κ2) is 5.92. The first-order chi connectivity index (χ1) is 11.2. The molecule has 0 aliphatic carbocycles. The predicted molar refractivity (Wildman–Crippen MR) is 92.6 cm³/mol. The molecule has 1 fully saturated rings. The lowest BCUT2D eigenvalue weighted by Gasteiger charge is -2.36. The van der Waals surface area contributed by atoms with Crippen LogP contribution in [0.4, 0.5) is 11.6 Å². The minimum atomic E-state index is -0.905. The minimum absolute atomic E-state index is 0.691. The van der Waals surface area contributed by atoms with E-state index >= 15 is 0 Å². The largest absolute Gasteiger partial charge is 0.368 e. The molecule has 0 radical (unpaired) electrons. The van der Waals surface area contributed by atoms with Crippen molar-refractivity contribution < 1.29 is 4.21 Å². The zero-order valence-corrected chi connectivity index (χ0v) is 14.1. The van der Waals surface area contributed by atoms with Crippen LogP contribution in [0.5, 0.6) is 0 Å². The molecule has 0 saturated carbocycles. The van der Waals surface area contributed by atoms with Gasteiger partial charge in [-0.3, -0.25) is 4.21 Å². The summed E-state index contributed by atoms with van der Waals surface area (Å²) in [4.78, 5) is 14.8. The lowest BCUT2D eigenvalue weighted by atomic mass is 10.2. The van der Waals surface area contributed by atoms with Crippen molar-refractivity contribution in [3.8, 4) is 0 Å². The molecule has 23 heavy (non-hydrogen) atoms. The molecule has 3 heterocycles. The molecule has 1 aromatic heterocycles. The summed E-state index contributed by atoms with van der Waals surface area (Å²) in [6.45, 7) is 5.71. The number of aromatic nitrogens is 2. The van der Waals surface area contributed by atoms with Crippen molar-refractivity contribution in [2.45, 2.75) is 18.2 Å². The third kappa shape index (κ3) is 2.72. The van der Waals surface area contributed by atoms with Gasteiger partial charge >= 0.3 is 0 Å². The van der Waals surface area contributed by atoms with Crippen molar-refractivity contribution in [1.82, 2.24) is 9.97 Å². The van der Waals surface area contributed by atoms with Gasteiger partial charge in [-0.15, -0.1) is 0 Å². The summed E-state index contributed by atoms with van der Waals surface area (Å²) in [5.74, 6) is 1.49. The van der Waals surface area contributed by atoms with Crippen LogP contribution in [0.15, 0.2) is 35.2 Å². The van der Waals surface area contributed by atoms with Crippen LogP contribution in [0.1, 0.15) is 11.4 Å². The molecule has 5 nitrogen and oxygen atoms in total. The van der Waals surface area contributed by atoms with Crippen LogP contribution in [0.2, 0.25) is 0 Å². The van der Waals surface area contributed by atoms with Crippen LogP contribution in [-0.2, 0) is 17.2 Å². The second-order valence-electron chi connectivity index (χ2n) is 5.99. The smallest absolute Gasteiger partial charge is 0.225 e. The van der Waals surface area contributed by atoms with E-state index in [4.69, 9.17) is 0 Å². The number of benzene rings is 1. The van der Waals surface area contributed by atoms with Gasteiger partial charge in [-0.2, -0.15) is 0 Å². The standard InChI is InChI=1S/C17H20N4OS/c1-13-16-15(7-12-23(16)22)19-17(18-13)21-10-8-20(9-11-21)14-5-3-2-4-6-14/h2-6H,7-12H2,1H3.